The molecule has 1 atom stereocenters. The van der Waals surface area contributed by atoms with E-state index in [4.69, 9.17) is 0 Å². The Morgan fingerprint density at radius 3 is 2.80 bits per heavy atom. The molecule has 2 aromatic heterocycles. The number of benzene rings is 1. The molecule has 0 radical (unpaired) electrons. The Bertz CT molecular complexity index is 1150. The van der Waals surface area contributed by atoms with Gasteiger partial charge in [0.1, 0.15) is 5.69 Å². The standard InChI is InChI=1S/C20H23N5O2S3/c1-12-9-10-24(13-7-5-6-8-14(13)29-12)15(26)11-28-19-23-25-17(27)16(20(2,3)4)21-22-18(25)30-19/h5-8,12H,9-11H2,1-4H3/t12-/m1/s1. The van der Waals surface area contributed by atoms with Crippen molar-refractivity contribution in [1.29, 1.82) is 0 Å². The molecule has 0 bridgehead atoms. The lowest BCUT2D eigenvalue weighted by atomic mass is 9.93. The van der Waals surface area contributed by atoms with Gasteiger partial charge in [-0.1, -0.05) is 62.9 Å². The molecule has 1 aliphatic rings. The number of rotatable bonds is 3. The van der Waals surface area contributed by atoms with Crippen molar-refractivity contribution in [3.05, 3.63) is 40.3 Å². The number of nitrogens with zero attached hydrogens (tertiary/aromatic N) is 5. The molecule has 10 heteroatoms. The Hall–Kier alpha value is -1.91. The number of amides is 1. The van der Waals surface area contributed by atoms with E-state index in [9.17, 15) is 9.59 Å². The molecule has 30 heavy (non-hydrogen) atoms. The first-order chi connectivity index (χ1) is 14.2. The molecular weight excluding hydrogens is 438 g/mol. The number of hydrogen-bond donors (Lipinski definition) is 0. The van der Waals surface area contributed by atoms with E-state index in [0.717, 1.165) is 17.0 Å². The number of anilines is 1. The lowest BCUT2D eigenvalue weighted by Crippen LogP contribution is -2.33. The molecule has 7 nitrogen and oxygen atoms in total. The van der Waals surface area contributed by atoms with E-state index in [1.165, 1.54) is 27.6 Å². The predicted octanol–water partition coefficient (Wildman–Crippen LogP) is 3.85. The number of carbonyl (C=O) groups excluding carboxylic acids is 1. The number of carbonyl (C=O) groups is 1. The molecular formula is C20H23N5O2S3. The van der Waals surface area contributed by atoms with Crippen LogP contribution in [-0.4, -0.2) is 43.3 Å². The van der Waals surface area contributed by atoms with Gasteiger partial charge in [-0.3, -0.25) is 9.59 Å². The van der Waals surface area contributed by atoms with Crippen LogP contribution in [0.2, 0.25) is 0 Å². The zero-order valence-corrected chi connectivity index (χ0v) is 19.7. The second-order valence-corrected chi connectivity index (χ2v) is 11.8. The third-order valence-electron chi connectivity index (χ3n) is 4.75. The third-order valence-corrected chi connectivity index (χ3v) is 8.00. The Balaban J connectivity index is 1.54. The highest BCUT2D eigenvalue weighted by Gasteiger charge is 2.25. The topological polar surface area (TPSA) is 80.5 Å². The van der Waals surface area contributed by atoms with Crippen LogP contribution in [0.4, 0.5) is 5.69 Å². The zero-order valence-electron chi connectivity index (χ0n) is 17.3. The van der Waals surface area contributed by atoms with Gasteiger partial charge in [-0.05, 0) is 18.6 Å². The van der Waals surface area contributed by atoms with Crippen LogP contribution in [0.25, 0.3) is 4.96 Å². The third kappa shape index (κ3) is 4.26. The van der Waals surface area contributed by atoms with Crippen molar-refractivity contribution in [3.8, 4) is 0 Å². The van der Waals surface area contributed by atoms with Crippen molar-refractivity contribution in [1.82, 2.24) is 19.8 Å². The van der Waals surface area contributed by atoms with Crippen LogP contribution in [0, 0.1) is 0 Å². The van der Waals surface area contributed by atoms with Crippen LogP contribution in [0.5, 0.6) is 0 Å². The molecule has 0 saturated carbocycles. The number of hydrogen-bond acceptors (Lipinski definition) is 8. The SMILES string of the molecule is C[C@@H]1CCN(C(=O)CSc2nn3c(=O)c(C(C)(C)C)nnc3s2)c2ccccc2S1. The molecule has 0 spiro atoms. The number of fused-ring (bicyclic) bond motifs is 2. The summed E-state index contributed by atoms with van der Waals surface area (Å²) in [6, 6.07) is 8.05. The summed E-state index contributed by atoms with van der Waals surface area (Å²) < 4.78 is 1.93. The highest BCUT2D eigenvalue weighted by molar-refractivity contribution is 8.01. The summed E-state index contributed by atoms with van der Waals surface area (Å²) in [5.74, 6) is 0.289. The minimum atomic E-state index is -0.409. The second-order valence-electron chi connectivity index (χ2n) is 8.19. The van der Waals surface area contributed by atoms with E-state index in [0.29, 0.717) is 26.8 Å². The second kappa shape index (κ2) is 8.32. The summed E-state index contributed by atoms with van der Waals surface area (Å²) >= 11 is 4.42. The Morgan fingerprint density at radius 2 is 2.03 bits per heavy atom. The fourth-order valence-corrected chi connectivity index (χ4v) is 6.04. The van der Waals surface area contributed by atoms with Crippen LogP contribution in [0.15, 0.2) is 38.3 Å². The van der Waals surface area contributed by atoms with Gasteiger partial charge in [0.2, 0.25) is 10.9 Å². The van der Waals surface area contributed by atoms with Crippen LogP contribution in [0.1, 0.15) is 39.8 Å². The highest BCUT2D eigenvalue weighted by atomic mass is 32.2. The first kappa shape index (κ1) is 21.3. The Kier molecular flexibility index (Phi) is 5.91. The van der Waals surface area contributed by atoms with E-state index in [1.54, 1.807) is 0 Å². The van der Waals surface area contributed by atoms with E-state index in [2.05, 4.69) is 28.3 Å². The molecule has 4 rings (SSSR count). The Morgan fingerprint density at radius 1 is 1.27 bits per heavy atom. The van der Waals surface area contributed by atoms with Gasteiger partial charge in [-0.25, -0.2) is 0 Å². The van der Waals surface area contributed by atoms with Crippen molar-refractivity contribution in [2.75, 3.05) is 17.2 Å². The molecule has 0 aliphatic carbocycles. The lowest BCUT2D eigenvalue weighted by molar-refractivity contribution is -0.116. The van der Waals surface area contributed by atoms with Crippen molar-refractivity contribution in [3.63, 3.8) is 0 Å². The summed E-state index contributed by atoms with van der Waals surface area (Å²) in [6.45, 7) is 8.65. The minimum Gasteiger partial charge on any atom is -0.311 e. The zero-order chi connectivity index (χ0) is 21.5. The predicted molar refractivity (Wildman–Crippen MR) is 123 cm³/mol. The highest BCUT2D eigenvalue weighted by Crippen LogP contribution is 2.37. The van der Waals surface area contributed by atoms with E-state index in [1.807, 2.05) is 55.6 Å². The van der Waals surface area contributed by atoms with Gasteiger partial charge in [0.05, 0.1) is 11.4 Å². The normalized spacial score (nSPS) is 17.1. The first-order valence-electron chi connectivity index (χ1n) is 9.70. The molecule has 1 amide bonds. The van der Waals surface area contributed by atoms with Crippen LogP contribution in [0.3, 0.4) is 0 Å². The van der Waals surface area contributed by atoms with Crippen molar-refractivity contribution in [2.45, 2.75) is 54.0 Å². The molecule has 1 aromatic carbocycles. The summed E-state index contributed by atoms with van der Waals surface area (Å²) in [5, 5.41) is 13.1. The van der Waals surface area contributed by atoms with Crippen LogP contribution < -0.4 is 10.5 Å². The molecule has 0 unspecified atom stereocenters. The fourth-order valence-electron chi connectivity index (χ4n) is 3.17. The van der Waals surface area contributed by atoms with Gasteiger partial charge in [-0.15, -0.1) is 27.1 Å². The number of para-hydroxylation sites is 1. The van der Waals surface area contributed by atoms with Gasteiger partial charge in [-0.2, -0.15) is 4.52 Å². The van der Waals surface area contributed by atoms with E-state index >= 15 is 0 Å². The molecule has 0 saturated heterocycles. The molecule has 0 fully saturated rings. The molecule has 158 valence electrons. The smallest absolute Gasteiger partial charge is 0.297 e. The van der Waals surface area contributed by atoms with Crippen molar-refractivity contribution >= 4 is 51.4 Å². The largest absolute Gasteiger partial charge is 0.311 e. The van der Waals surface area contributed by atoms with Crippen LogP contribution in [-0.2, 0) is 10.2 Å². The molecule has 0 N–H and O–H groups in total. The van der Waals surface area contributed by atoms with Gasteiger partial charge < -0.3 is 4.90 Å². The number of aromatic nitrogens is 4. The average molecular weight is 462 g/mol. The fraction of sp³-hybridized carbons (Fsp3) is 0.450. The summed E-state index contributed by atoms with van der Waals surface area (Å²) in [7, 11) is 0. The molecule has 1 aliphatic heterocycles. The molecule has 3 aromatic rings. The summed E-state index contributed by atoms with van der Waals surface area (Å²) in [4.78, 5) is 29.2. The first-order valence-corrected chi connectivity index (χ1v) is 12.4. The summed E-state index contributed by atoms with van der Waals surface area (Å²) in [6.07, 6.45) is 0.942. The Labute approximate surface area is 187 Å². The van der Waals surface area contributed by atoms with Gasteiger partial charge >= 0.3 is 0 Å². The summed E-state index contributed by atoms with van der Waals surface area (Å²) in [5.41, 5.74) is 0.687. The van der Waals surface area contributed by atoms with E-state index in [-0.39, 0.29) is 17.2 Å². The van der Waals surface area contributed by atoms with Gasteiger partial charge in [0.25, 0.3) is 5.56 Å². The quantitative estimate of drug-likeness (QED) is 0.548. The van der Waals surface area contributed by atoms with Crippen molar-refractivity contribution in [2.24, 2.45) is 0 Å². The number of thioether (sulfide) groups is 2. The maximum Gasteiger partial charge on any atom is 0.297 e. The average Bonchev–Trinajstić information content (AvgIpc) is 3.03. The molecule has 3 heterocycles. The lowest BCUT2D eigenvalue weighted by Gasteiger charge is -2.22. The van der Waals surface area contributed by atoms with Gasteiger partial charge in [0, 0.05) is 22.1 Å². The van der Waals surface area contributed by atoms with Crippen LogP contribution >= 0.6 is 34.9 Å². The van der Waals surface area contributed by atoms with Gasteiger partial charge in [0.15, 0.2) is 4.34 Å². The monoisotopic (exact) mass is 461 g/mol. The maximum atomic E-state index is 13.0. The maximum absolute atomic E-state index is 13.0. The van der Waals surface area contributed by atoms with E-state index < -0.39 is 5.41 Å². The van der Waals surface area contributed by atoms with Crippen molar-refractivity contribution < 1.29 is 4.79 Å². The minimum absolute atomic E-state index is 0.0372.